The Hall–Kier alpha value is -1.55. The van der Waals surface area contributed by atoms with Gasteiger partial charge in [-0.1, -0.05) is 18.2 Å². The maximum atomic E-state index is 13.0. The zero-order chi connectivity index (χ0) is 16.5. The van der Waals surface area contributed by atoms with Gasteiger partial charge in [0, 0.05) is 18.3 Å². The van der Waals surface area contributed by atoms with Gasteiger partial charge in [0.1, 0.15) is 0 Å². The fourth-order valence-corrected chi connectivity index (χ4v) is 5.00. The molecule has 24 heavy (non-hydrogen) atoms. The van der Waals surface area contributed by atoms with Gasteiger partial charge in [-0.15, -0.1) is 0 Å². The van der Waals surface area contributed by atoms with E-state index in [1.165, 1.54) is 36.9 Å². The lowest BCUT2D eigenvalue weighted by Crippen LogP contribution is -2.55. The van der Waals surface area contributed by atoms with Crippen LogP contribution in [-0.4, -0.2) is 43.2 Å². The van der Waals surface area contributed by atoms with E-state index in [1.54, 1.807) is 0 Å². The second-order valence-corrected chi connectivity index (χ2v) is 7.28. The Balaban J connectivity index is 1.80. The van der Waals surface area contributed by atoms with Gasteiger partial charge in [0.15, 0.2) is 0 Å². The highest BCUT2D eigenvalue weighted by molar-refractivity contribution is 5.78. The number of carbonyl (C=O) groups excluding carboxylic acids is 1. The Morgan fingerprint density at radius 2 is 1.88 bits per heavy atom. The van der Waals surface area contributed by atoms with Crippen LogP contribution in [0.4, 0.5) is 5.69 Å². The lowest BCUT2D eigenvalue weighted by molar-refractivity contribution is -0.152. The summed E-state index contributed by atoms with van der Waals surface area (Å²) < 4.78 is 5.54. The van der Waals surface area contributed by atoms with E-state index >= 15 is 0 Å². The van der Waals surface area contributed by atoms with Gasteiger partial charge in [-0.2, -0.15) is 0 Å². The molecule has 2 fully saturated rings. The van der Waals surface area contributed by atoms with Crippen LogP contribution in [0.25, 0.3) is 0 Å². The number of nitrogens with zero attached hydrogens (tertiary/aromatic N) is 2. The molecule has 4 rings (SSSR count). The van der Waals surface area contributed by atoms with Crippen molar-refractivity contribution < 1.29 is 9.53 Å². The lowest BCUT2D eigenvalue weighted by Gasteiger charge is -2.50. The SMILES string of the molecule is CCOC(=O)C1C(N2CCCC2)c2ccccc2N2CCCCC12. The molecule has 0 amide bonds. The first-order valence-electron chi connectivity index (χ1n) is 9.57. The number of likely N-dealkylation sites (tertiary alicyclic amines) is 1. The van der Waals surface area contributed by atoms with Gasteiger partial charge in [0.05, 0.1) is 18.6 Å². The third-order valence-electron chi connectivity index (χ3n) is 5.96. The van der Waals surface area contributed by atoms with E-state index in [1.807, 2.05) is 6.92 Å². The molecule has 4 nitrogen and oxygen atoms in total. The van der Waals surface area contributed by atoms with Crippen LogP contribution in [-0.2, 0) is 9.53 Å². The number of fused-ring (bicyclic) bond motifs is 3. The lowest BCUT2D eigenvalue weighted by atomic mass is 9.76. The number of hydrogen-bond donors (Lipinski definition) is 0. The third-order valence-corrected chi connectivity index (χ3v) is 5.96. The minimum absolute atomic E-state index is 0.000744. The second-order valence-electron chi connectivity index (χ2n) is 7.28. The Bertz CT molecular complexity index is 597. The van der Waals surface area contributed by atoms with E-state index in [0.29, 0.717) is 12.6 Å². The van der Waals surface area contributed by atoms with E-state index < -0.39 is 0 Å². The van der Waals surface area contributed by atoms with Gasteiger partial charge in [-0.05, 0) is 63.7 Å². The molecule has 130 valence electrons. The number of ether oxygens (including phenoxy) is 1. The highest BCUT2D eigenvalue weighted by Gasteiger charge is 2.48. The van der Waals surface area contributed by atoms with Gasteiger partial charge in [0.2, 0.25) is 0 Å². The Morgan fingerprint density at radius 3 is 2.67 bits per heavy atom. The predicted molar refractivity (Wildman–Crippen MR) is 95.1 cm³/mol. The van der Waals surface area contributed by atoms with Crippen molar-refractivity contribution in [3.63, 3.8) is 0 Å². The first kappa shape index (κ1) is 15.9. The summed E-state index contributed by atoms with van der Waals surface area (Å²) in [5.41, 5.74) is 2.68. The molecule has 0 saturated carbocycles. The molecule has 0 radical (unpaired) electrons. The smallest absolute Gasteiger partial charge is 0.312 e. The van der Waals surface area contributed by atoms with Crippen LogP contribution in [0.2, 0.25) is 0 Å². The van der Waals surface area contributed by atoms with Gasteiger partial charge < -0.3 is 9.64 Å². The fraction of sp³-hybridized carbons (Fsp3) is 0.650. The molecule has 0 aromatic heterocycles. The van der Waals surface area contributed by atoms with Gasteiger partial charge in [-0.3, -0.25) is 9.69 Å². The highest BCUT2D eigenvalue weighted by Crippen LogP contribution is 2.47. The van der Waals surface area contributed by atoms with Crippen LogP contribution in [0.15, 0.2) is 24.3 Å². The summed E-state index contributed by atoms with van der Waals surface area (Å²) in [5, 5.41) is 0. The summed E-state index contributed by atoms with van der Waals surface area (Å²) in [7, 11) is 0. The normalized spacial score (nSPS) is 29.9. The fourth-order valence-electron chi connectivity index (χ4n) is 5.00. The van der Waals surface area contributed by atoms with Crippen molar-refractivity contribution in [2.75, 3.05) is 31.1 Å². The van der Waals surface area contributed by atoms with Crippen molar-refractivity contribution in [2.45, 2.75) is 51.1 Å². The predicted octanol–water partition coefficient (Wildman–Crippen LogP) is 3.38. The molecule has 0 spiro atoms. The van der Waals surface area contributed by atoms with Crippen molar-refractivity contribution in [1.29, 1.82) is 0 Å². The quantitative estimate of drug-likeness (QED) is 0.797. The summed E-state index contributed by atoms with van der Waals surface area (Å²) in [6.07, 6.45) is 6.01. The van der Waals surface area contributed by atoms with Crippen molar-refractivity contribution in [1.82, 2.24) is 4.90 Å². The van der Waals surface area contributed by atoms with Crippen LogP contribution >= 0.6 is 0 Å². The minimum atomic E-state index is -0.0572. The molecule has 0 aliphatic carbocycles. The molecule has 0 bridgehead atoms. The zero-order valence-electron chi connectivity index (χ0n) is 14.6. The van der Waals surface area contributed by atoms with Crippen LogP contribution < -0.4 is 4.90 Å². The Labute approximate surface area is 144 Å². The standard InChI is InChI=1S/C20H28N2O2/c1-2-24-20(23)18-17-11-5-6-14-22(17)16-10-4-3-9-15(16)19(18)21-12-7-8-13-21/h3-4,9-10,17-19H,2,5-8,11-14H2,1H3. The second kappa shape index (κ2) is 6.75. The number of anilines is 1. The number of piperidine rings is 1. The summed E-state index contributed by atoms with van der Waals surface area (Å²) >= 11 is 0. The zero-order valence-corrected chi connectivity index (χ0v) is 14.6. The van der Waals surface area contributed by atoms with E-state index in [2.05, 4.69) is 34.1 Å². The molecule has 3 aliphatic rings. The van der Waals surface area contributed by atoms with Crippen molar-refractivity contribution in [2.24, 2.45) is 5.92 Å². The van der Waals surface area contributed by atoms with Gasteiger partial charge in [0.25, 0.3) is 0 Å². The van der Waals surface area contributed by atoms with Gasteiger partial charge >= 0.3 is 5.97 Å². The number of para-hydroxylation sites is 1. The molecular weight excluding hydrogens is 300 g/mol. The number of benzene rings is 1. The molecule has 3 aliphatic heterocycles. The first-order chi connectivity index (χ1) is 11.8. The van der Waals surface area contributed by atoms with Crippen molar-refractivity contribution >= 4 is 11.7 Å². The molecule has 3 unspecified atom stereocenters. The number of hydrogen-bond acceptors (Lipinski definition) is 4. The number of carbonyl (C=O) groups is 1. The van der Waals surface area contributed by atoms with E-state index in [4.69, 9.17) is 4.74 Å². The molecule has 3 heterocycles. The molecule has 1 aromatic carbocycles. The number of rotatable bonds is 3. The van der Waals surface area contributed by atoms with Crippen LogP contribution in [0.3, 0.4) is 0 Å². The average Bonchev–Trinajstić information content (AvgIpc) is 3.15. The summed E-state index contributed by atoms with van der Waals surface area (Å²) in [4.78, 5) is 18.0. The Kier molecular flexibility index (Phi) is 4.49. The van der Waals surface area contributed by atoms with E-state index in [-0.39, 0.29) is 17.9 Å². The van der Waals surface area contributed by atoms with Gasteiger partial charge in [-0.25, -0.2) is 0 Å². The maximum absolute atomic E-state index is 13.0. The molecule has 1 aromatic rings. The summed E-state index contributed by atoms with van der Waals surface area (Å²) in [6, 6.07) is 9.21. The average molecular weight is 328 g/mol. The largest absolute Gasteiger partial charge is 0.466 e. The van der Waals surface area contributed by atoms with Crippen molar-refractivity contribution in [3.05, 3.63) is 29.8 Å². The monoisotopic (exact) mass is 328 g/mol. The molecular formula is C20H28N2O2. The topological polar surface area (TPSA) is 32.8 Å². The molecule has 3 atom stereocenters. The Morgan fingerprint density at radius 1 is 1.12 bits per heavy atom. The van der Waals surface area contributed by atoms with Crippen LogP contribution in [0, 0.1) is 5.92 Å². The molecule has 4 heteroatoms. The maximum Gasteiger partial charge on any atom is 0.312 e. The molecule has 0 N–H and O–H groups in total. The van der Waals surface area contributed by atoms with E-state index in [0.717, 1.165) is 26.1 Å². The summed E-state index contributed by atoms with van der Waals surface area (Å²) in [6.45, 7) is 5.64. The highest BCUT2D eigenvalue weighted by atomic mass is 16.5. The number of esters is 1. The summed E-state index contributed by atoms with van der Waals surface area (Å²) in [5.74, 6) is -0.0564. The molecule has 2 saturated heterocycles. The van der Waals surface area contributed by atoms with Crippen LogP contribution in [0.5, 0.6) is 0 Å². The first-order valence-corrected chi connectivity index (χ1v) is 9.57. The van der Waals surface area contributed by atoms with E-state index in [9.17, 15) is 4.79 Å². The van der Waals surface area contributed by atoms with Crippen LogP contribution in [0.1, 0.15) is 50.6 Å². The minimum Gasteiger partial charge on any atom is -0.466 e. The third kappa shape index (κ3) is 2.61. The van der Waals surface area contributed by atoms with Crippen molar-refractivity contribution in [3.8, 4) is 0 Å².